The summed E-state index contributed by atoms with van der Waals surface area (Å²) in [5, 5.41) is 19.1. The topological polar surface area (TPSA) is 106 Å². The van der Waals surface area contributed by atoms with Crippen LogP contribution in [0.5, 0.6) is 0 Å². The van der Waals surface area contributed by atoms with Gasteiger partial charge in [-0.25, -0.2) is 4.98 Å². The summed E-state index contributed by atoms with van der Waals surface area (Å²) in [5.74, 6) is 0.961. The van der Waals surface area contributed by atoms with Crippen LogP contribution in [-0.2, 0) is 10.2 Å². The molecule has 0 aliphatic carbocycles. The Morgan fingerprint density at radius 1 is 1.12 bits per heavy atom. The van der Waals surface area contributed by atoms with Crippen molar-refractivity contribution in [2.45, 2.75) is 39.0 Å². The largest absolute Gasteiger partial charge is 0.366 e. The lowest BCUT2D eigenvalue weighted by molar-refractivity contribution is -0.384. The first kappa shape index (κ1) is 22.4. The number of aromatic nitrogens is 3. The highest BCUT2D eigenvalue weighted by Crippen LogP contribution is 2.32. The van der Waals surface area contributed by atoms with Gasteiger partial charge in [-0.15, -0.1) is 0 Å². The Morgan fingerprint density at radius 3 is 2.45 bits per heavy atom. The van der Waals surface area contributed by atoms with Crippen LogP contribution in [0.4, 0.5) is 17.2 Å². The molecule has 33 heavy (non-hydrogen) atoms. The van der Waals surface area contributed by atoms with E-state index in [4.69, 9.17) is 5.10 Å². The summed E-state index contributed by atoms with van der Waals surface area (Å²) < 4.78 is 1.67. The zero-order valence-electron chi connectivity index (χ0n) is 19.1. The Kier molecular flexibility index (Phi) is 6.13. The van der Waals surface area contributed by atoms with Crippen LogP contribution in [0.15, 0.2) is 54.7 Å². The van der Waals surface area contributed by atoms with E-state index >= 15 is 0 Å². The fourth-order valence-electron chi connectivity index (χ4n) is 3.99. The first-order chi connectivity index (χ1) is 15.7. The summed E-state index contributed by atoms with van der Waals surface area (Å²) >= 11 is 0. The molecule has 3 heterocycles. The average molecular weight is 449 g/mol. The highest BCUT2D eigenvalue weighted by molar-refractivity contribution is 5.92. The van der Waals surface area contributed by atoms with Crippen molar-refractivity contribution >= 4 is 23.1 Å². The van der Waals surface area contributed by atoms with Gasteiger partial charge in [-0.2, -0.15) is 9.78 Å². The molecule has 9 nitrogen and oxygen atoms in total. The molecule has 172 valence electrons. The van der Waals surface area contributed by atoms with Crippen molar-refractivity contribution < 1.29 is 9.72 Å². The van der Waals surface area contributed by atoms with Crippen molar-refractivity contribution in [1.29, 1.82) is 0 Å². The number of pyridine rings is 1. The quantitative estimate of drug-likeness (QED) is 0.460. The number of para-hydroxylation sites is 2. The molecular formula is C24H28N6O3. The molecule has 9 heteroatoms. The third-order valence-electron chi connectivity index (χ3n) is 5.88. The highest BCUT2D eigenvalue weighted by Gasteiger charge is 2.29. The third-order valence-corrected chi connectivity index (χ3v) is 5.88. The highest BCUT2D eigenvalue weighted by atomic mass is 16.6. The van der Waals surface area contributed by atoms with Crippen LogP contribution in [-0.4, -0.2) is 38.7 Å². The molecule has 0 radical (unpaired) electrons. The van der Waals surface area contributed by atoms with Crippen molar-refractivity contribution in [2.24, 2.45) is 5.92 Å². The average Bonchev–Trinajstić information content (AvgIpc) is 3.24. The number of anilines is 2. The predicted octanol–water partition coefficient (Wildman–Crippen LogP) is 4.33. The first-order valence-corrected chi connectivity index (χ1v) is 11.1. The number of nitrogens with zero attached hydrogens (tertiary/aromatic N) is 5. The van der Waals surface area contributed by atoms with Gasteiger partial charge in [0.1, 0.15) is 11.5 Å². The zero-order chi connectivity index (χ0) is 23.6. The van der Waals surface area contributed by atoms with Crippen molar-refractivity contribution in [2.75, 3.05) is 23.3 Å². The molecule has 0 atom stereocenters. The van der Waals surface area contributed by atoms with Crippen molar-refractivity contribution in [1.82, 2.24) is 14.8 Å². The molecule has 0 saturated carbocycles. The molecule has 1 aliphatic heterocycles. The Morgan fingerprint density at radius 2 is 1.82 bits per heavy atom. The van der Waals surface area contributed by atoms with E-state index in [-0.39, 0.29) is 27.9 Å². The number of carbonyl (C=O) groups excluding carboxylic acids is 1. The molecule has 0 bridgehead atoms. The minimum absolute atomic E-state index is 0.0743. The summed E-state index contributed by atoms with van der Waals surface area (Å²) in [6.07, 6.45) is 2.92. The summed E-state index contributed by atoms with van der Waals surface area (Å²) in [7, 11) is 0. The van der Waals surface area contributed by atoms with Gasteiger partial charge >= 0.3 is 0 Å². The maximum absolute atomic E-state index is 13.1. The second-order valence-corrected chi connectivity index (χ2v) is 9.26. The first-order valence-electron chi connectivity index (χ1n) is 11.1. The van der Waals surface area contributed by atoms with Gasteiger partial charge in [0.05, 0.1) is 10.6 Å². The van der Waals surface area contributed by atoms with Crippen molar-refractivity contribution in [3.8, 4) is 5.82 Å². The van der Waals surface area contributed by atoms with Crippen LogP contribution < -0.4 is 10.2 Å². The molecule has 1 N–H and O–H groups in total. The number of nitro benzene ring substituents is 1. The molecule has 3 aromatic rings. The minimum Gasteiger partial charge on any atom is -0.366 e. The number of nitro groups is 1. The number of benzene rings is 1. The van der Waals surface area contributed by atoms with E-state index in [1.165, 1.54) is 6.07 Å². The van der Waals surface area contributed by atoms with Crippen molar-refractivity contribution in [3.63, 3.8) is 0 Å². The van der Waals surface area contributed by atoms with Gasteiger partial charge in [-0.3, -0.25) is 14.9 Å². The Labute approximate surface area is 192 Å². The van der Waals surface area contributed by atoms with Gasteiger partial charge in [0.25, 0.3) is 5.69 Å². The van der Waals surface area contributed by atoms with Gasteiger partial charge in [0, 0.05) is 42.8 Å². The fraction of sp³-hybridized carbons (Fsp3) is 0.375. The van der Waals surface area contributed by atoms with E-state index < -0.39 is 0 Å². The normalized spacial score (nSPS) is 14.8. The standard InChI is InChI=1S/C24H28N6O3/c1-24(2,3)20-16-22(29(27-20)21-10-6-7-13-25-21)26-23(31)17-11-14-28(15-12-17)18-8-4-5-9-19(18)30(32)33/h4-10,13,16-17H,11-12,14-15H2,1-3H3,(H,26,31). The van der Waals surface area contributed by atoms with E-state index in [1.54, 1.807) is 29.1 Å². The maximum Gasteiger partial charge on any atom is 0.292 e. The number of piperidine rings is 1. The van der Waals surface area contributed by atoms with Crippen LogP contribution in [0, 0.1) is 16.0 Å². The smallest absolute Gasteiger partial charge is 0.292 e. The maximum atomic E-state index is 13.1. The number of rotatable bonds is 5. The van der Waals surface area contributed by atoms with Crippen molar-refractivity contribution in [3.05, 3.63) is 70.5 Å². The van der Waals surface area contributed by atoms with E-state index in [0.29, 0.717) is 43.3 Å². The minimum atomic E-state index is -0.361. The zero-order valence-corrected chi connectivity index (χ0v) is 19.1. The van der Waals surface area contributed by atoms with E-state index in [0.717, 1.165) is 5.69 Å². The van der Waals surface area contributed by atoms with Crippen LogP contribution in [0.25, 0.3) is 5.82 Å². The van der Waals surface area contributed by atoms with Crippen LogP contribution in [0.3, 0.4) is 0 Å². The Hall–Kier alpha value is -3.75. The van der Waals surface area contributed by atoms with Gasteiger partial charge in [-0.05, 0) is 31.0 Å². The SMILES string of the molecule is CC(C)(C)c1cc(NC(=O)C2CCN(c3ccccc3[N+](=O)[O-])CC2)n(-c2ccccn2)n1. The number of hydrogen-bond donors (Lipinski definition) is 1. The second-order valence-electron chi connectivity index (χ2n) is 9.26. The molecule has 1 saturated heterocycles. The molecule has 4 rings (SSSR count). The van der Waals surface area contributed by atoms with Gasteiger partial charge < -0.3 is 10.2 Å². The number of carbonyl (C=O) groups is 1. The summed E-state index contributed by atoms with van der Waals surface area (Å²) in [6.45, 7) is 7.37. The fourth-order valence-corrected chi connectivity index (χ4v) is 3.99. The lowest BCUT2D eigenvalue weighted by atomic mass is 9.92. The third kappa shape index (κ3) is 4.87. The lowest BCUT2D eigenvalue weighted by Crippen LogP contribution is -2.38. The van der Waals surface area contributed by atoms with Gasteiger partial charge in [-0.1, -0.05) is 39.0 Å². The molecule has 0 unspecified atom stereocenters. The van der Waals surface area contributed by atoms with Gasteiger partial charge in [0.2, 0.25) is 5.91 Å². The summed E-state index contributed by atoms with van der Waals surface area (Å²) in [5.41, 5.74) is 1.36. The van der Waals surface area contributed by atoms with E-state index in [1.807, 2.05) is 29.2 Å². The summed E-state index contributed by atoms with van der Waals surface area (Å²) in [6, 6.07) is 14.2. The van der Waals surface area contributed by atoms with Crippen LogP contribution in [0.2, 0.25) is 0 Å². The summed E-state index contributed by atoms with van der Waals surface area (Å²) in [4.78, 5) is 30.5. The monoisotopic (exact) mass is 448 g/mol. The Bertz CT molecular complexity index is 1140. The molecular weight excluding hydrogens is 420 g/mol. The Balaban J connectivity index is 1.49. The molecule has 1 fully saturated rings. The number of amides is 1. The van der Waals surface area contributed by atoms with Crippen LogP contribution >= 0.6 is 0 Å². The molecule has 2 aromatic heterocycles. The molecule has 1 aromatic carbocycles. The van der Waals surface area contributed by atoms with Gasteiger partial charge in [0.15, 0.2) is 5.82 Å². The van der Waals surface area contributed by atoms with Crippen LogP contribution in [0.1, 0.15) is 39.3 Å². The molecule has 0 spiro atoms. The second kappa shape index (κ2) is 9.01. The molecule has 1 aliphatic rings. The van der Waals surface area contributed by atoms with E-state index in [2.05, 4.69) is 31.1 Å². The number of hydrogen-bond acceptors (Lipinski definition) is 6. The van der Waals surface area contributed by atoms with E-state index in [9.17, 15) is 14.9 Å². The lowest BCUT2D eigenvalue weighted by Gasteiger charge is -2.32. The predicted molar refractivity (Wildman–Crippen MR) is 127 cm³/mol. The number of nitrogens with one attached hydrogen (secondary N) is 1. The molecule has 1 amide bonds.